The summed E-state index contributed by atoms with van der Waals surface area (Å²) in [4.78, 5) is 0. The fraction of sp³-hybridized carbons (Fsp3) is 1.00. The topological polar surface area (TPSA) is 9.23 Å². The lowest BCUT2D eigenvalue weighted by Crippen LogP contribution is -2.03. The molecule has 0 aliphatic carbocycles. The molecule has 9 heavy (non-hydrogen) atoms. The van der Waals surface area contributed by atoms with Crippen LogP contribution in [0.2, 0.25) is 6.04 Å². The molecule has 0 N–H and O–H groups in total. The van der Waals surface area contributed by atoms with Crippen molar-refractivity contribution >= 4 is 10.2 Å². The average Bonchev–Trinajstić information content (AvgIpc) is 2.34. The van der Waals surface area contributed by atoms with E-state index >= 15 is 0 Å². The molecule has 54 valence electrons. The van der Waals surface area contributed by atoms with Gasteiger partial charge in [-0.1, -0.05) is 12.5 Å². The highest BCUT2D eigenvalue weighted by atomic mass is 28.1. The summed E-state index contributed by atoms with van der Waals surface area (Å²) < 4.78 is 5.47. The second-order valence-corrected chi connectivity index (χ2v) is 3.78. The Kier molecular flexibility index (Phi) is 3.29. The molecule has 1 aliphatic heterocycles. The van der Waals surface area contributed by atoms with Crippen LogP contribution in [-0.4, -0.2) is 23.0 Å². The average molecular weight is 144 g/mol. The molecular formula is C7H16OSi. The molecule has 1 nitrogen and oxygen atoms in total. The normalized spacial score (nSPS) is 27.3. The van der Waals surface area contributed by atoms with Gasteiger partial charge in [0.2, 0.25) is 0 Å². The van der Waals surface area contributed by atoms with Gasteiger partial charge in [0.05, 0.1) is 6.10 Å². The molecule has 1 aliphatic rings. The van der Waals surface area contributed by atoms with Crippen molar-refractivity contribution in [2.24, 2.45) is 0 Å². The van der Waals surface area contributed by atoms with Gasteiger partial charge in [0.15, 0.2) is 0 Å². The fourth-order valence-electron chi connectivity index (χ4n) is 1.30. The van der Waals surface area contributed by atoms with E-state index in [1.54, 1.807) is 0 Å². The first-order chi connectivity index (χ1) is 4.43. The minimum absolute atomic E-state index is 0.638. The summed E-state index contributed by atoms with van der Waals surface area (Å²) in [5.74, 6) is 0. The lowest BCUT2D eigenvalue weighted by Gasteiger charge is -2.06. The van der Waals surface area contributed by atoms with Gasteiger partial charge in [0.1, 0.15) is 0 Å². The third-order valence-corrected chi connectivity index (χ3v) is 2.61. The predicted octanol–water partition coefficient (Wildman–Crippen LogP) is 0.729. The molecule has 1 atom stereocenters. The largest absolute Gasteiger partial charge is 0.378 e. The Bertz CT molecular complexity index is 69.3. The highest BCUT2D eigenvalue weighted by Crippen LogP contribution is 2.16. The van der Waals surface area contributed by atoms with Crippen molar-refractivity contribution in [1.82, 2.24) is 0 Å². The maximum Gasteiger partial charge on any atom is 0.0575 e. The van der Waals surface area contributed by atoms with Crippen LogP contribution in [0.3, 0.4) is 0 Å². The standard InChI is InChI=1S/C7H16OSi/c9-6-2-4-7-3-1-5-8-7/h7H,1-6H2,9H3. The van der Waals surface area contributed by atoms with Gasteiger partial charge in [0, 0.05) is 16.8 Å². The molecule has 0 aromatic carbocycles. The summed E-state index contributed by atoms with van der Waals surface area (Å²) in [5, 5.41) is 0. The van der Waals surface area contributed by atoms with Gasteiger partial charge in [-0.3, -0.25) is 0 Å². The summed E-state index contributed by atoms with van der Waals surface area (Å²) in [6, 6.07) is 1.44. The van der Waals surface area contributed by atoms with E-state index in [2.05, 4.69) is 0 Å². The van der Waals surface area contributed by atoms with Gasteiger partial charge in [0.25, 0.3) is 0 Å². The Morgan fingerprint density at radius 3 is 3.00 bits per heavy atom. The van der Waals surface area contributed by atoms with Crippen molar-refractivity contribution < 1.29 is 4.74 Å². The second kappa shape index (κ2) is 4.07. The first-order valence-corrected chi connectivity index (χ1v) is 5.46. The summed E-state index contributed by atoms with van der Waals surface area (Å²) in [7, 11) is 1.36. The lowest BCUT2D eigenvalue weighted by atomic mass is 10.1. The van der Waals surface area contributed by atoms with Crippen molar-refractivity contribution in [3.05, 3.63) is 0 Å². The van der Waals surface area contributed by atoms with Gasteiger partial charge < -0.3 is 4.74 Å². The Morgan fingerprint density at radius 2 is 2.44 bits per heavy atom. The van der Waals surface area contributed by atoms with Gasteiger partial charge in [-0.15, -0.1) is 0 Å². The molecule has 1 unspecified atom stereocenters. The highest BCUT2D eigenvalue weighted by Gasteiger charge is 2.13. The van der Waals surface area contributed by atoms with E-state index in [0.29, 0.717) is 6.10 Å². The molecule has 0 aromatic rings. The van der Waals surface area contributed by atoms with Crippen LogP contribution < -0.4 is 0 Å². The van der Waals surface area contributed by atoms with Crippen molar-refractivity contribution in [1.29, 1.82) is 0 Å². The molecule has 0 amide bonds. The molecule has 2 heteroatoms. The van der Waals surface area contributed by atoms with Crippen LogP contribution in [0, 0.1) is 0 Å². The minimum atomic E-state index is 0.638. The first kappa shape index (κ1) is 7.29. The van der Waals surface area contributed by atoms with Gasteiger partial charge in [-0.2, -0.15) is 0 Å². The maximum atomic E-state index is 5.47. The molecule has 0 bridgehead atoms. The van der Waals surface area contributed by atoms with Crippen LogP contribution in [0.1, 0.15) is 25.7 Å². The predicted molar refractivity (Wildman–Crippen MR) is 43.0 cm³/mol. The van der Waals surface area contributed by atoms with E-state index in [1.807, 2.05) is 0 Å². The summed E-state index contributed by atoms with van der Waals surface area (Å²) in [6.45, 7) is 1.02. The van der Waals surface area contributed by atoms with E-state index in [1.165, 1.54) is 42.0 Å². The number of ether oxygens (including phenoxy) is 1. The van der Waals surface area contributed by atoms with E-state index in [4.69, 9.17) is 4.74 Å². The summed E-state index contributed by atoms with van der Waals surface area (Å²) in [5.41, 5.74) is 0. The van der Waals surface area contributed by atoms with Gasteiger partial charge >= 0.3 is 0 Å². The van der Waals surface area contributed by atoms with Crippen LogP contribution in [-0.2, 0) is 4.74 Å². The summed E-state index contributed by atoms with van der Waals surface area (Å²) >= 11 is 0. The van der Waals surface area contributed by atoms with Crippen LogP contribution in [0.4, 0.5) is 0 Å². The van der Waals surface area contributed by atoms with E-state index in [9.17, 15) is 0 Å². The Hall–Kier alpha value is 0.177. The molecule has 0 aromatic heterocycles. The van der Waals surface area contributed by atoms with Crippen LogP contribution in [0.5, 0.6) is 0 Å². The van der Waals surface area contributed by atoms with Crippen molar-refractivity contribution in [3.63, 3.8) is 0 Å². The molecule has 0 spiro atoms. The summed E-state index contributed by atoms with van der Waals surface area (Å²) in [6.07, 6.45) is 5.98. The third-order valence-electron chi connectivity index (χ3n) is 1.90. The van der Waals surface area contributed by atoms with Crippen LogP contribution in [0.25, 0.3) is 0 Å². The highest BCUT2D eigenvalue weighted by molar-refractivity contribution is 6.08. The molecular weight excluding hydrogens is 128 g/mol. The van der Waals surface area contributed by atoms with Gasteiger partial charge in [-0.05, 0) is 19.3 Å². The molecule has 1 fully saturated rings. The molecule has 0 saturated carbocycles. The monoisotopic (exact) mass is 144 g/mol. The zero-order chi connectivity index (χ0) is 6.53. The maximum absolute atomic E-state index is 5.47. The number of hydrogen-bond donors (Lipinski definition) is 0. The quantitative estimate of drug-likeness (QED) is 0.531. The van der Waals surface area contributed by atoms with Crippen LogP contribution in [0.15, 0.2) is 0 Å². The minimum Gasteiger partial charge on any atom is -0.378 e. The molecule has 1 rings (SSSR count). The van der Waals surface area contributed by atoms with E-state index in [-0.39, 0.29) is 0 Å². The molecule has 0 radical (unpaired) electrons. The third kappa shape index (κ3) is 2.50. The van der Waals surface area contributed by atoms with Crippen LogP contribution >= 0.6 is 0 Å². The smallest absolute Gasteiger partial charge is 0.0575 e. The Balaban J connectivity index is 1.98. The zero-order valence-electron chi connectivity index (χ0n) is 6.23. The SMILES string of the molecule is [SiH3]CCCC1CCCO1. The number of hydrogen-bond acceptors (Lipinski definition) is 1. The van der Waals surface area contributed by atoms with Gasteiger partial charge in [-0.25, -0.2) is 0 Å². The zero-order valence-corrected chi connectivity index (χ0v) is 8.23. The Labute approximate surface area is 60.2 Å². The van der Waals surface area contributed by atoms with Crippen molar-refractivity contribution in [2.45, 2.75) is 37.8 Å². The van der Waals surface area contributed by atoms with E-state index < -0.39 is 0 Å². The lowest BCUT2D eigenvalue weighted by molar-refractivity contribution is 0.104. The number of rotatable bonds is 3. The van der Waals surface area contributed by atoms with E-state index in [0.717, 1.165) is 6.61 Å². The molecule has 1 saturated heterocycles. The second-order valence-electron chi connectivity index (χ2n) is 2.78. The van der Waals surface area contributed by atoms with Crippen molar-refractivity contribution in [2.75, 3.05) is 6.61 Å². The Morgan fingerprint density at radius 1 is 1.56 bits per heavy atom. The van der Waals surface area contributed by atoms with Crippen molar-refractivity contribution in [3.8, 4) is 0 Å². The first-order valence-electron chi connectivity index (χ1n) is 4.05. The fourth-order valence-corrected chi connectivity index (χ4v) is 1.71. The molecule has 1 heterocycles.